The van der Waals surface area contributed by atoms with Crippen LogP contribution in [0.2, 0.25) is 0 Å². The van der Waals surface area contributed by atoms with Gasteiger partial charge in [-0.05, 0) is 0 Å². The van der Waals surface area contributed by atoms with Crippen molar-refractivity contribution >= 4 is 11.9 Å². The average Bonchev–Trinajstić information content (AvgIpc) is 2.77. The van der Waals surface area contributed by atoms with E-state index in [0.29, 0.717) is 12.2 Å². The van der Waals surface area contributed by atoms with Gasteiger partial charge in [0, 0.05) is 13.6 Å². The SMILES string of the molecule is COC(=O)CCN(C)C(=O)c1cnc[nH]1. The fourth-order valence-corrected chi connectivity index (χ4v) is 1.04. The Labute approximate surface area is 87.2 Å². The molecule has 0 bridgehead atoms. The van der Waals surface area contributed by atoms with Crippen molar-refractivity contribution in [3.63, 3.8) is 0 Å². The molecule has 0 aliphatic rings. The van der Waals surface area contributed by atoms with E-state index in [1.807, 2.05) is 0 Å². The first-order chi connectivity index (χ1) is 7.15. The maximum absolute atomic E-state index is 11.6. The van der Waals surface area contributed by atoms with Crippen LogP contribution in [-0.2, 0) is 9.53 Å². The molecule has 0 saturated heterocycles. The van der Waals surface area contributed by atoms with Gasteiger partial charge in [0.25, 0.3) is 5.91 Å². The van der Waals surface area contributed by atoms with Gasteiger partial charge in [-0.15, -0.1) is 0 Å². The lowest BCUT2D eigenvalue weighted by atomic mass is 10.3. The molecule has 1 aromatic heterocycles. The lowest BCUT2D eigenvalue weighted by Gasteiger charge is -2.14. The molecule has 0 saturated carbocycles. The van der Waals surface area contributed by atoms with Gasteiger partial charge in [-0.25, -0.2) is 4.98 Å². The van der Waals surface area contributed by atoms with Gasteiger partial charge in [-0.1, -0.05) is 0 Å². The Bertz CT molecular complexity index is 334. The number of H-pyrrole nitrogens is 1. The second-order valence-corrected chi connectivity index (χ2v) is 3.02. The number of esters is 1. The van der Waals surface area contributed by atoms with E-state index in [1.165, 1.54) is 24.5 Å². The molecule has 0 fully saturated rings. The first-order valence-corrected chi connectivity index (χ1v) is 4.45. The molecule has 1 amide bonds. The van der Waals surface area contributed by atoms with Gasteiger partial charge in [-0.2, -0.15) is 0 Å². The van der Waals surface area contributed by atoms with Gasteiger partial charge in [0.05, 0.1) is 26.1 Å². The molecule has 82 valence electrons. The van der Waals surface area contributed by atoms with Gasteiger partial charge in [0.2, 0.25) is 0 Å². The van der Waals surface area contributed by atoms with Gasteiger partial charge in [0.15, 0.2) is 0 Å². The second-order valence-electron chi connectivity index (χ2n) is 3.02. The van der Waals surface area contributed by atoms with Crippen LogP contribution in [0.5, 0.6) is 0 Å². The molecule has 0 spiro atoms. The van der Waals surface area contributed by atoms with Gasteiger partial charge >= 0.3 is 5.97 Å². The van der Waals surface area contributed by atoms with Crippen molar-refractivity contribution in [1.29, 1.82) is 0 Å². The summed E-state index contributed by atoms with van der Waals surface area (Å²) in [5.74, 6) is -0.532. The summed E-state index contributed by atoms with van der Waals surface area (Å²) in [6.45, 7) is 0.324. The lowest BCUT2D eigenvalue weighted by molar-refractivity contribution is -0.140. The molecule has 6 nitrogen and oxygen atoms in total. The third-order valence-electron chi connectivity index (χ3n) is 1.95. The summed E-state index contributed by atoms with van der Waals surface area (Å²) >= 11 is 0. The van der Waals surface area contributed by atoms with E-state index in [1.54, 1.807) is 7.05 Å². The number of nitrogens with zero attached hydrogens (tertiary/aromatic N) is 2. The summed E-state index contributed by atoms with van der Waals surface area (Å²) in [6.07, 6.45) is 3.06. The van der Waals surface area contributed by atoms with Gasteiger partial charge in [-0.3, -0.25) is 9.59 Å². The van der Waals surface area contributed by atoms with Crippen molar-refractivity contribution < 1.29 is 14.3 Å². The Kier molecular flexibility index (Phi) is 3.84. The number of hydrogen-bond donors (Lipinski definition) is 1. The molecule has 15 heavy (non-hydrogen) atoms. The number of amides is 1. The first-order valence-electron chi connectivity index (χ1n) is 4.45. The number of hydrogen-bond acceptors (Lipinski definition) is 4. The van der Waals surface area contributed by atoms with E-state index in [4.69, 9.17) is 0 Å². The monoisotopic (exact) mass is 211 g/mol. The van der Waals surface area contributed by atoms with E-state index >= 15 is 0 Å². The van der Waals surface area contributed by atoms with Crippen molar-refractivity contribution in [1.82, 2.24) is 14.9 Å². The third-order valence-corrected chi connectivity index (χ3v) is 1.95. The molecule has 1 heterocycles. The molecule has 0 atom stereocenters. The number of nitrogens with one attached hydrogen (secondary N) is 1. The summed E-state index contributed by atoms with van der Waals surface area (Å²) in [6, 6.07) is 0. The van der Waals surface area contributed by atoms with Gasteiger partial charge in [0.1, 0.15) is 5.69 Å². The van der Waals surface area contributed by atoms with Crippen LogP contribution in [0, 0.1) is 0 Å². The number of aromatic nitrogens is 2. The fraction of sp³-hybridized carbons (Fsp3) is 0.444. The van der Waals surface area contributed by atoms with Crippen molar-refractivity contribution in [2.24, 2.45) is 0 Å². The highest BCUT2D eigenvalue weighted by Crippen LogP contribution is 1.99. The molecule has 0 aliphatic carbocycles. The number of carbonyl (C=O) groups excluding carboxylic acids is 2. The topological polar surface area (TPSA) is 75.3 Å². The van der Waals surface area contributed by atoms with Crippen molar-refractivity contribution in [2.45, 2.75) is 6.42 Å². The molecule has 1 aromatic rings. The van der Waals surface area contributed by atoms with Crippen LogP contribution in [-0.4, -0.2) is 47.4 Å². The molecule has 0 aliphatic heterocycles. The maximum atomic E-state index is 11.6. The second kappa shape index (κ2) is 5.14. The Balaban J connectivity index is 2.44. The van der Waals surface area contributed by atoms with Crippen molar-refractivity contribution in [3.05, 3.63) is 18.2 Å². The predicted molar refractivity (Wildman–Crippen MR) is 52.2 cm³/mol. The highest BCUT2D eigenvalue weighted by molar-refractivity contribution is 5.92. The molecular weight excluding hydrogens is 198 g/mol. The molecular formula is C9H13N3O3. The standard InChI is InChI=1S/C9H13N3O3/c1-12(4-3-8(13)15-2)9(14)7-5-10-6-11-7/h5-6H,3-4H2,1-2H3,(H,10,11). The number of imidazole rings is 1. The Morgan fingerprint density at radius 3 is 2.87 bits per heavy atom. The quantitative estimate of drug-likeness (QED) is 0.714. The summed E-state index contributed by atoms with van der Waals surface area (Å²) < 4.78 is 4.47. The van der Waals surface area contributed by atoms with Crippen LogP contribution in [0.15, 0.2) is 12.5 Å². The number of methoxy groups -OCH3 is 1. The van der Waals surface area contributed by atoms with Crippen LogP contribution in [0.25, 0.3) is 0 Å². The third kappa shape index (κ3) is 3.08. The Hall–Kier alpha value is -1.85. The minimum absolute atomic E-state index is 0.187. The van der Waals surface area contributed by atoms with Crippen molar-refractivity contribution in [2.75, 3.05) is 20.7 Å². The predicted octanol–water partition coefficient (Wildman–Crippen LogP) is 0.0448. The van der Waals surface area contributed by atoms with E-state index in [2.05, 4.69) is 14.7 Å². The average molecular weight is 211 g/mol. The molecule has 0 radical (unpaired) electrons. The van der Waals surface area contributed by atoms with Crippen LogP contribution >= 0.6 is 0 Å². The first kappa shape index (κ1) is 11.2. The zero-order valence-corrected chi connectivity index (χ0v) is 8.69. The number of aromatic amines is 1. The Morgan fingerprint density at radius 2 is 2.33 bits per heavy atom. The van der Waals surface area contributed by atoms with Crippen LogP contribution in [0.4, 0.5) is 0 Å². The summed E-state index contributed by atoms with van der Waals surface area (Å²) in [7, 11) is 2.94. The minimum Gasteiger partial charge on any atom is -0.469 e. The summed E-state index contributed by atoms with van der Waals surface area (Å²) in [5.41, 5.74) is 0.405. The maximum Gasteiger partial charge on any atom is 0.307 e. The smallest absolute Gasteiger partial charge is 0.307 e. The normalized spacial score (nSPS) is 9.73. The zero-order valence-electron chi connectivity index (χ0n) is 8.69. The molecule has 0 unspecified atom stereocenters. The van der Waals surface area contributed by atoms with Crippen molar-refractivity contribution in [3.8, 4) is 0 Å². The van der Waals surface area contributed by atoms with Gasteiger partial charge < -0.3 is 14.6 Å². The zero-order chi connectivity index (χ0) is 11.3. The Morgan fingerprint density at radius 1 is 1.60 bits per heavy atom. The molecule has 1 N–H and O–H groups in total. The van der Waals surface area contributed by atoms with Crippen LogP contribution < -0.4 is 0 Å². The van der Waals surface area contributed by atoms with Crippen LogP contribution in [0.1, 0.15) is 16.9 Å². The van der Waals surface area contributed by atoms with E-state index in [0.717, 1.165) is 0 Å². The highest BCUT2D eigenvalue weighted by atomic mass is 16.5. The summed E-state index contributed by atoms with van der Waals surface area (Å²) in [4.78, 5) is 30.3. The number of rotatable bonds is 4. The minimum atomic E-state index is -0.334. The number of ether oxygens (including phenoxy) is 1. The molecule has 0 aromatic carbocycles. The van der Waals surface area contributed by atoms with Crippen LogP contribution in [0.3, 0.4) is 0 Å². The van der Waals surface area contributed by atoms with E-state index in [9.17, 15) is 9.59 Å². The lowest BCUT2D eigenvalue weighted by Crippen LogP contribution is -2.29. The molecule has 6 heteroatoms. The van der Waals surface area contributed by atoms with E-state index in [-0.39, 0.29) is 18.3 Å². The number of carbonyl (C=O) groups is 2. The highest BCUT2D eigenvalue weighted by Gasteiger charge is 2.13. The molecule has 1 rings (SSSR count). The largest absolute Gasteiger partial charge is 0.469 e. The fourth-order valence-electron chi connectivity index (χ4n) is 1.04. The van der Waals surface area contributed by atoms with E-state index < -0.39 is 0 Å². The summed E-state index contributed by atoms with van der Waals surface area (Å²) in [5, 5.41) is 0.